The van der Waals surface area contributed by atoms with Gasteiger partial charge in [0.2, 0.25) is 0 Å². The SMILES string of the molecule is CC.CC.CC.CN1C(C)(C)CC(OC(=O)C(C)(C)C(=O)OC2CC(C)(C)N(C)C(C)(C)C2)CC1(C)C.CSc1n[c-]nc(SC)n1.Cc1ccccc1.[CH3-].[V+2]. The minimum atomic E-state index is -1.34. The van der Waals surface area contributed by atoms with E-state index < -0.39 is 17.4 Å². The summed E-state index contributed by atoms with van der Waals surface area (Å²) in [6, 6.07) is 10.3. The summed E-state index contributed by atoms with van der Waals surface area (Å²) in [6.07, 6.45) is 8.88. The van der Waals surface area contributed by atoms with Gasteiger partial charge in [0.05, 0.1) is 10.3 Å². The normalized spacial score (nSPS) is 18.1. The van der Waals surface area contributed by atoms with Crippen molar-refractivity contribution in [2.24, 2.45) is 5.41 Å². The van der Waals surface area contributed by atoms with Gasteiger partial charge >= 0.3 is 30.5 Å². The fourth-order valence-corrected chi connectivity index (χ4v) is 7.04. The molecule has 12 heteroatoms. The molecule has 0 saturated carbocycles. The van der Waals surface area contributed by atoms with Gasteiger partial charge in [-0.3, -0.25) is 19.4 Å². The first-order chi connectivity index (χ1) is 25.0. The molecule has 0 bridgehead atoms. The van der Waals surface area contributed by atoms with E-state index in [4.69, 9.17) is 9.47 Å². The molecule has 1 aromatic heterocycles. The van der Waals surface area contributed by atoms with Crippen LogP contribution in [0.4, 0.5) is 0 Å². The van der Waals surface area contributed by atoms with Gasteiger partial charge in [-0.1, -0.05) is 77.4 Å². The predicted octanol–water partition coefficient (Wildman–Crippen LogP) is 11.0. The molecule has 0 amide bonds. The van der Waals surface area contributed by atoms with Crippen LogP contribution in [0.5, 0.6) is 0 Å². The van der Waals surface area contributed by atoms with E-state index in [1.807, 2.05) is 72.3 Å². The number of aromatic nitrogens is 3. The zero-order valence-electron chi connectivity index (χ0n) is 39.5. The van der Waals surface area contributed by atoms with Gasteiger partial charge < -0.3 is 31.9 Å². The van der Waals surface area contributed by atoms with Gasteiger partial charge in [0.25, 0.3) is 0 Å². The number of thioether (sulfide) groups is 2. The molecule has 0 N–H and O–H groups in total. The molecule has 323 valence electrons. The van der Waals surface area contributed by atoms with Gasteiger partial charge in [-0.15, -0.1) is 0 Å². The number of carbonyl (C=O) groups excluding carboxylic acids is 2. The van der Waals surface area contributed by atoms with Crippen LogP contribution in [0.25, 0.3) is 0 Å². The fraction of sp³-hybridized carbons (Fsp3) is 0.727. The van der Waals surface area contributed by atoms with Crippen LogP contribution in [0.2, 0.25) is 0 Å². The van der Waals surface area contributed by atoms with Crippen LogP contribution >= 0.6 is 23.5 Å². The number of benzene rings is 1. The Hall–Kier alpha value is -1.63. The molecule has 4 rings (SSSR count). The Balaban J connectivity index is -0.000000441. The van der Waals surface area contributed by atoms with Crippen LogP contribution in [0, 0.1) is 26.1 Å². The summed E-state index contributed by atoms with van der Waals surface area (Å²) < 4.78 is 11.8. The molecule has 2 fully saturated rings. The number of aryl methyl sites for hydroxylation is 1. The Bertz CT molecular complexity index is 1250. The van der Waals surface area contributed by atoms with Crippen molar-refractivity contribution in [1.82, 2.24) is 24.8 Å². The van der Waals surface area contributed by atoms with Crippen molar-refractivity contribution in [3.63, 3.8) is 0 Å². The van der Waals surface area contributed by atoms with Crippen molar-refractivity contribution in [1.29, 1.82) is 0 Å². The smallest absolute Gasteiger partial charge is 0.461 e. The van der Waals surface area contributed by atoms with Crippen molar-refractivity contribution < 1.29 is 37.6 Å². The van der Waals surface area contributed by atoms with Gasteiger partial charge in [-0.2, -0.15) is 23.5 Å². The maximum atomic E-state index is 13.1. The molecule has 2 aromatic rings. The second-order valence-electron chi connectivity index (χ2n) is 15.9. The zero-order valence-corrected chi connectivity index (χ0v) is 42.5. The standard InChI is InChI=1S/C25H46N2O4.C7H8.C5H6N3S2.3C2H6.CH3.V/c1-21(2)13-17(14-22(3,4)26(21)11)30-19(28)25(9,10)20(29)31-18-15-23(5,6)27(12)24(7,8)16-18;1-7-5-3-2-4-6-7;1-9-4-6-3-7-5(8-4)10-2;3*1-2;;/h17-18H,13-16H2,1-12H3;2-6H,1H3;1-2H3;3*1-2H3;1H3;/q;;-1;;;;-1;+2. The van der Waals surface area contributed by atoms with Gasteiger partial charge in [0.1, 0.15) is 12.2 Å². The molecular formula is C44H81N5O4S2V. The zero-order chi connectivity index (χ0) is 42.7. The molecule has 0 aliphatic carbocycles. The topological polar surface area (TPSA) is 97.8 Å². The molecule has 2 saturated heterocycles. The molecule has 1 radical (unpaired) electrons. The third-order valence-electron chi connectivity index (χ3n) is 9.90. The average molecular weight is 859 g/mol. The Morgan fingerprint density at radius 1 is 0.679 bits per heavy atom. The van der Waals surface area contributed by atoms with Gasteiger partial charge in [0.15, 0.2) is 5.41 Å². The van der Waals surface area contributed by atoms with E-state index in [-0.39, 0.29) is 60.3 Å². The molecule has 3 heterocycles. The van der Waals surface area contributed by atoms with E-state index in [1.54, 1.807) is 13.8 Å². The van der Waals surface area contributed by atoms with E-state index in [1.165, 1.54) is 29.1 Å². The van der Waals surface area contributed by atoms with E-state index in [0.29, 0.717) is 0 Å². The van der Waals surface area contributed by atoms with Crippen molar-refractivity contribution in [3.05, 3.63) is 49.6 Å². The largest absolute Gasteiger partial charge is 2.00 e. The quantitative estimate of drug-likeness (QED) is 0.120. The van der Waals surface area contributed by atoms with Crippen LogP contribution in [0.15, 0.2) is 40.6 Å². The van der Waals surface area contributed by atoms with Gasteiger partial charge in [-0.05, 0) is 103 Å². The van der Waals surface area contributed by atoms with Crippen LogP contribution in [-0.4, -0.2) is 97.7 Å². The van der Waals surface area contributed by atoms with Crippen LogP contribution < -0.4 is 0 Å². The summed E-state index contributed by atoms with van der Waals surface area (Å²) in [7, 11) is 4.23. The second kappa shape index (κ2) is 28.0. The van der Waals surface area contributed by atoms with E-state index in [9.17, 15) is 9.59 Å². The predicted molar refractivity (Wildman–Crippen MR) is 238 cm³/mol. The van der Waals surface area contributed by atoms with Crippen LogP contribution in [-0.2, 0) is 37.6 Å². The summed E-state index contributed by atoms with van der Waals surface area (Å²) in [4.78, 5) is 42.5. The summed E-state index contributed by atoms with van der Waals surface area (Å²) in [5, 5.41) is 1.44. The first-order valence-electron chi connectivity index (χ1n) is 19.6. The molecule has 0 atom stereocenters. The minimum Gasteiger partial charge on any atom is -0.461 e. The van der Waals surface area contributed by atoms with Crippen LogP contribution in [0.3, 0.4) is 0 Å². The monoisotopic (exact) mass is 859 g/mol. The molecule has 2 aliphatic heterocycles. The third kappa shape index (κ3) is 19.4. The fourth-order valence-electron chi connectivity index (χ4n) is 6.37. The Labute approximate surface area is 365 Å². The van der Waals surface area contributed by atoms with Gasteiger partial charge in [0, 0.05) is 54.2 Å². The molecule has 56 heavy (non-hydrogen) atoms. The van der Waals surface area contributed by atoms with Crippen molar-refractivity contribution in [2.75, 3.05) is 26.6 Å². The number of piperidine rings is 2. The number of carbonyl (C=O) groups is 2. The maximum absolute atomic E-state index is 13.1. The number of rotatable bonds is 6. The molecule has 0 spiro atoms. The van der Waals surface area contributed by atoms with Crippen LogP contribution in [0.1, 0.15) is 142 Å². The number of nitrogens with zero attached hydrogens (tertiary/aromatic N) is 5. The Morgan fingerprint density at radius 3 is 1.20 bits per heavy atom. The first kappa shape index (κ1) is 61.0. The average Bonchev–Trinajstić information content (AvgIpc) is 3.12. The number of ether oxygens (including phenoxy) is 2. The summed E-state index contributed by atoms with van der Waals surface area (Å²) >= 11 is 2.98. The van der Waals surface area contributed by atoms with Crippen molar-refractivity contribution in [2.45, 2.75) is 188 Å². The molecule has 9 nitrogen and oxygen atoms in total. The number of hydrogen-bond donors (Lipinski definition) is 0. The summed E-state index contributed by atoms with van der Waals surface area (Å²) in [6.45, 7) is 34.6. The van der Waals surface area contributed by atoms with E-state index in [0.717, 1.165) is 36.0 Å². The Morgan fingerprint density at radius 2 is 0.964 bits per heavy atom. The molecular weight excluding hydrogens is 778 g/mol. The Kier molecular flexibility index (Phi) is 30.5. The third-order valence-corrected chi connectivity index (χ3v) is 11.0. The molecule has 2 aliphatic rings. The van der Waals surface area contributed by atoms with E-state index >= 15 is 0 Å². The number of esters is 2. The van der Waals surface area contributed by atoms with Crippen molar-refractivity contribution >= 4 is 35.5 Å². The number of hydrogen-bond acceptors (Lipinski definition) is 11. The number of likely N-dealkylation sites (tertiary alicyclic amines) is 2. The maximum Gasteiger partial charge on any atom is 2.00 e. The van der Waals surface area contributed by atoms with Gasteiger partial charge in [-0.25, -0.2) is 0 Å². The molecule has 0 unspecified atom stereocenters. The van der Waals surface area contributed by atoms with Crippen molar-refractivity contribution in [3.8, 4) is 0 Å². The summed E-state index contributed by atoms with van der Waals surface area (Å²) in [5.41, 5.74) is -0.395. The minimum absolute atomic E-state index is 0. The second-order valence-corrected chi connectivity index (χ2v) is 17.5. The van der Waals surface area contributed by atoms with E-state index in [2.05, 4.69) is 120 Å². The summed E-state index contributed by atoms with van der Waals surface area (Å²) in [5.74, 6) is -0.991. The molecule has 1 aromatic carbocycles. The first-order valence-corrected chi connectivity index (χ1v) is 22.1.